The van der Waals surface area contributed by atoms with Crippen LogP contribution < -0.4 is 0 Å². The highest BCUT2D eigenvalue weighted by Gasteiger charge is 2.05. The molecule has 0 saturated carbocycles. The summed E-state index contributed by atoms with van der Waals surface area (Å²) in [7, 11) is 0. The van der Waals surface area contributed by atoms with E-state index in [2.05, 4.69) is 31.2 Å². The molecule has 4 nitrogen and oxygen atoms in total. The zero-order valence-electron chi connectivity index (χ0n) is 8.21. The first-order chi connectivity index (χ1) is 7.84. The van der Waals surface area contributed by atoms with Gasteiger partial charge in [-0.15, -0.1) is 5.10 Å². The van der Waals surface area contributed by atoms with Gasteiger partial charge in [0.15, 0.2) is 0 Å². The molecule has 0 spiro atoms. The molecule has 0 aliphatic heterocycles. The Morgan fingerprint density at radius 2 is 2.00 bits per heavy atom. The summed E-state index contributed by atoms with van der Waals surface area (Å²) in [5, 5.41) is 8.21. The minimum Gasteiger partial charge on any atom is -0.261 e. The maximum atomic E-state index is 4.11. The van der Waals surface area contributed by atoms with Crippen LogP contribution in [0.15, 0.2) is 47.2 Å². The molecule has 0 atom stereocenters. The Kier molecular flexibility index (Phi) is 2.18. The quantitative estimate of drug-likeness (QED) is 0.685. The molecule has 5 heteroatoms. The molecule has 3 aromatic rings. The van der Waals surface area contributed by atoms with Crippen molar-refractivity contribution < 1.29 is 0 Å². The van der Waals surface area contributed by atoms with Crippen LogP contribution in [0.3, 0.4) is 0 Å². The van der Waals surface area contributed by atoms with Crippen molar-refractivity contribution in [3.05, 3.63) is 47.2 Å². The number of para-hydroxylation sites is 1. The van der Waals surface area contributed by atoms with Gasteiger partial charge in [-0.25, -0.2) is 4.68 Å². The maximum absolute atomic E-state index is 4.11. The van der Waals surface area contributed by atoms with Crippen LogP contribution in [0, 0.1) is 0 Å². The molecule has 3 rings (SSSR count). The largest absolute Gasteiger partial charge is 0.261 e. The summed E-state index contributed by atoms with van der Waals surface area (Å²) < 4.78 is 2.69. The summed E-state index contributed by atoms with van der Waals surface area (Å²) in [4.78, 5) is 4.11. The Morgan fingerprint density at radius 1 is 1.12 bits per heavy atom. The second kappa shape index (κ2) is 3.68. The van der Waals surface area contributed by atoms with Gasteiger partial charge >= 0.3 is 0 Å². The van der Waals surface area contributed by atoms with E-state index in [1.807, 2.05) is 30.3 Å². The van der Waals surface area contributed by atoms with Crippen molar-refractivity contribution in [3.8, 4) is 5.69 Å². The lowest BCUT2D eigenvalue weighted by molar-refractivity contribution is 0.819. The predicted molar refractivity (Wildman–Crippen MR) is 64.4 cm³/mol. The molecule has 0 bridgehead atoms. The van der Waals surface area contributed by atoms with E-state index >= 15 is 0 Å². The monoisotopic (exact) mass is 274 g/mol. The standard InChI is InChI=1S/C11H7BrN4/c12-8-5-9(7-13-6-8)16-11-4-2-1-3-10(11)14-15-16/h1-7H. The Labute approximate surface area is 100 Å². The molecular weight excluding hydrogens is 268 g/mol. The summed E-state index contributed by atoms with van der Waals surface area (Å²) in [5.74, 6) is 0. The van der Waals surface area contributed by atoms with Crippen LogP contribution in [0.25, 0.3) is 16.7 Å². The van der Waals surface area contributed by atoms with Gasteiger partial charge in [-0.2, -0.15) is 0 Å². The van der Waals surface area contributed by atoms with E-state index in [0.717, 1.165) is 21.2 Å². The fourth-order valence-corrected chi connectivity index (χ4v) is 1.93. The van der Waals surface area contributed by atoms with Crippen molar-refractivity contribution >= 4 is 27.0 Å². The van der Waals surface area contributed by atoms with Crippen molar-refractivity contribution in [2.24, 2.45) is 0 Å². The molecule has 0 aliphatic carbocycles. The third-order valence-electron chi connectivity index (χ3n) is 2.29. The first kappa shape index (κ1) is 9.47. The zero-order chi connectivity index (χ0) is 11.0. The Morgan fingerprint density at radius 3 is 2.88 bits per heavy atom. The smallest absolute Gasteiger partial charge is 0.113 e. The first-order valence-electron chi connectivity index (χ1n) is 4.76. The molecule has 78 valence electrons. The molecule has 0 radical (unpaired) electrons. The van der Waals surface area contributed by atoms with Crippen LogP contribution in [0.2, 0.25) is 0 Å². The van der Waals surface area contributed by atoms with E-state index in [1.165, 1.54) is 0 Å². The second-order valence-electron chi connectivity index (χ2n) is 3.35. The molecule has 16 heavy (non-hydrogen) atoms. The molecule has 0 N–H and O–H groups in total. The van der Waals surface area contributed by atoms with Gasteiger partial charge < -0.3 is 0 Å². The van der Waals surface area contributed by atoms with Crippen LogP contribution in [0.4, 0.5) is 0 Å². The van der Waals surface area contributed by atoms with Crippen molar-refractivity contribution in [1.29, 1.82) is 0 Å². The van der Waals surface area contributed by atoms with E-state index < -0.39 is 0 Å². The third-order valence-corrected chi connectivity index (χ3v) is 2.72. The summed E-state index contributed by atoms with van der Waals surface area (Å²) in [6.07, 6.45) is 3.49. The molecule has 0 saturated heterocycles. The van der Waals surface area contributed by atoms with E-state index in [0.29, 0.717) is 0 Å². The average Bonchev–Trinajstić information content (AvgIpc) is 2.72. The minimum absolute atomic E-state index is 0.877. The fraction of sp³-hybridized carbons (Fsp3) is 0. The SMILES string of the molecule is Brc1cncc(-n2nnc3ccccc32)c1. The van der Waals surface area contributed by atoms with Crippen molar-refractivity contribution in [3.63, 3.8) is 0 Å². The zero-order valence-corrected chi connectivity index (χ0v) is 9.79. The van der Waals surface area contributed by atoms with Crippen LogP contribution in [0.1, 0.15) is 0 Å². The molecule has 1 aromatic carbocycles. The van der Waals surface area contributed by atoms with Crippen LogP contribution in [-0.2, 0) is 0 Å². The van der Waals surface area contributed by atoms with Crippen LogP contribution >= 0.6 is 15.9 Å². The van der Waals surface area contributed by atoms with Gasteiger partial charge in [0.1, 0.15) is 5.52 Å². The molecule has 0 fully saturated rings. The fourth-order valence-electron chi connectivity index (χ4n) is 1.58. The Bertz CT molecular complexity index is 647. The van der Waals surface area contributed by atoms with Gasteiger partial charge in [-0.1, -0.05) is 17.3 Å². The van der Waals surface area contributed by atoms with Crippen LogP contribution in [-0.4, -0.2) is 20.0 Å². The molecule has 0 unspecified atom stereocenters. The summed E-state index contributed by atoms with van der Waals surface area (Å²) in [6, 6.07) is 9.78. The number of aromatic nitrogens is 4. The Balaban J connectivity index is 2.26. The summed E-state index contributed by atoms with van der Waals surface area (Å²) in [6.45, 7) is 0. The topological polar surface area (TPSA) is 43.6 Å². The lowest BCUT2D eigenvalue weighted by Gasteiger charge is -2.01. The first-order valence-corrected chi connectivity index (χ1v) is 5.55. The van der Waals surface area contributed by atoms with Gasteiger partial charge in [-0.3, -0.25) is 4.98 Å². The van der Waals surface area contributed by atoms with Crippen molar-refractivity contribution in [2.45, 2.75) is 0 Å². The van der Waals surface area contributed by atoms with Crippen molar-refractivity contribution in [1.82, 2.24) is 20.0 Å². The second-order valence-corrected chi connectivity index (χ2v) is 4.27. The van der Waals surface area contributed by atoms with Gasteiger partial charge in [-0.05, 0) is 34.1 Å². The number of benzene rings is 1. The highest BCUT2D eigenvalue weighted by Crippen LogP contribution is 2.17. The number of hydrogen-bond acceptors (Lipinski definition) is 3. The van der Waals surface area contributed by atoms with Gasteiger partial charge in [0.25, 0.3) is 0 Å². The number of pyridine rings is 1. The summed E-state index contributed by atoms with van der Waals surface area (Å²) >= 11 is 3.39. The number of hydrogen-bond donors (Lipinski definition) is 0. The molecular formula is C11H7BrN4. The molecule has 0 aliphatic rings. The number of nitrogens with zero attached hydrogens (tertiary/aromatic N) is 4. The molecule has 2 heterocycles. The van der Waals surface area contributed by atoms with E-state index in [9.17, 15) is 0 Å². The minimum atomic E-state index is 0.877. The molecule has 0 amide bonds. The highest BCUT2D eigenvalue weighted by atomic mass is 79.9. The molecule has 2 aromatic heterocycles. The van der Waals surface area contributed by atoms with E-state index in [-0.39, 0.29) is 0 Å². The van der Waals surface area contributed by atoms with Gasteiger partial charge in [0.2, 0.25) is 0 Å². The third kappa shape index (κ3) is 1.49. The van der Waals surface area contributed by atoms with Crippen LogP contribution in [0.5, 0.6) is 0 Å². The maximum Gasteiger partial charge on any atom is 0.113 e. The van der Waals surface area contributed by atoms with Gasteiger partial charge in [0, 0.05) is 10.7 Å². The lowest BCUT2D eigenvalue weighted by atomic mass is 10.3. The average molecular weight is 275 g/mol. The van der Waals surface area contributed by atoms with E-state index in [4.69, 9.17) is 0 Å². The van der Waals surface area contributed by atoms with Gasteiger partial charge in [0.05, 0.1) is 17.4 Å². The van der Waals surface area contributed by atoms with E-state index in [1.54, 1.807) is 17.1 Å². The highest BCUT2D eigenvalue weighted by molar-refractivity contribution is 9.10. The normalized spacial score (nSPS) is 10.8. The Hall–Kier alpha value is -1.75. The van der Waals surface area contributed by atoms with Crippen molar-refractivity contribution in [2.75, 3.05) is 0 Å². The number of halogens is 1. The summed E-state index contributed by atoms with van der Waals surface area (Å²) in [5.41, 5.74) is 2.74. The predicted octanol–water partition coefficient (Wildman–Crippen LogP) is 2.58. The number of rotatable bonds is 1. The number of fused-ring (bicyclic) bond motifs is 1. The lowest BCUT2D eigenvalue weighted by Crippen LogP contribution is -1.96.